The second-order valence-electron chi connectivity index (χ2n) is 4.43. The minimum atomic E-state index is -0.130. The van der Waals surface area contributed by atoms with E-state index in [-0.39, 0.29) is 11.2 Å². The topological polar surface area (TPSA) is 54.9 Å². The van der Waals surface area contributed by atoms with Crippen LogP contribution < -0.4 is 5.32 Å². The Morgan fingerprint density at radius 1 is 1.37 bits per heavy atom. The van der Waals surface area contributed by atoms with Gasteiger partial charge in [0.2, 0.25) is 5.28 Å². The zero-order chi connectivity index (χ0) is 13.2. The molecule has 2 aromatic heterocycles. The van der Waals surface area contributed by atoms with Crippen LogP contribution in [0.4, 0.5) is 5.82 Å². The van der Waals surface area contributed by atoms with Crippen molar-refractivity contribution in [2.24, 2.45) is 0 Å². The summed E-state index contributed by atoms with van der Waals surface area (Å²) in [5.74, 6) is 0.297. The second-order valence-corrected chi connectivity index (χ2v) is 5.91. The van der Waals surface area contributed by atoms with Crippen LogP contribution in [-0.2, 0) is 12.8 Å². The zero-order valence-corrected chi connectivity index (χ0v) is 11.7. The molecule has 2 aromatic rings. The standard InChI is InChI=1S/C13H12ClN3OS/c14-13-15-6-5-11(17-13)16-12(18)10-7-8-3-1-2-4-9(8)19-10/h5-7H,1-4H2,(H,15,16,17,18). The SMILES string of the molecule is O=C(Nc1ccnc(Cl)n1)c1cc2c(s1)CCCC2. The van der Waals surface area contributed by atoms with E-state index in [2.05, 4.69) is 15.3 Å². The van der Waals surface area contributed by atoms with E-state index in [0.717, 1.165) is 17.7 Å². The van der Waals surface area contributed by atoms with E-state index in [0.29, 0.717) is 5.82 Å². The van der Waals surface area contributed by atoms with Crippen LogP contribution in [0.3, 0.4) is 0 Å². The first-order chi connectivity index (χ1) is 9.22. The van der Waals surface area contributed by atoms with Gasteiger partial charge in [0.05, 0.1) is 4.88 Å². The predicted octanol–water partition coefficient (Wildman–Crippen LogP) is 3.32. The molecule has 0 fully saturated rings. The number of nitrogens with zero attached hydrogens (tertiary/aromatic N) is 2. The Bertz CT molecular complexity index is 603. The summed E-state index contributed by atoms with van der Waals surface area (Å²) in [6, 6.07) is 3.62. The summed E-state index contributed by atoms with van der Waals surface area (Å²) in [5.41, 5.74) is 1.32. The Morgan fingerprint density at radius 3 is 3.00 bits per heavy atom. The van der Waals surface area contributed by atoms with Crippen LogP contribution in [0.25, 0.3) is 0 Å². The molecule has 0 aromatic carbocycles. The summed E-state index contributed by atoms with van der Waals surface area (Å²) in [4.78, 5) is 21.9. The first-order valence-electron chi connectivity index (χ1n) is 6.14. The van der Waals surface area contributed by atoms with Crippen LogP contribution in [0.5, 0.6) is 0 Å². The molecule has 0 atom stereocenters. The van der Waals surface area contributed by atoms with E-state index in [1.165, 1.54) is 29.5 Å². The van der Waals surface area contributed by atoms with E-state index in [4.69, 9.17) is 11.6 Å². The molecule has 3 rings (SSSR count). The Balaban J connectivity index is 1.78. The maximum atomic E-state index is 12.1. The second kappa shape index (κ2) is 5.27. The molecule has 1 aliphatic rings. The molecule has 19 heavy (non-hydrogen) atoms. The number of hydrogen-bond donors (Lipinski definition) is 1. The molecule has 0 unspecified atom stereocenters. The number of rotatable bonds is 2. The molecule has 1 N–H and O–H groups in total. The van der Waals surface area contributed by atoms with Crippen molar-refractivity contribution in [2.75, 3.05) is 5.32 Å². The highest BCUT2D eigenvalue weighted by Gasteiger charge is 2.17. The lowest BCUT2D eigenvalue weighted by Gasteiger charge is -2.08. The van der Waals surface area contributed by atoms with Crippen LogP contribution in [0.2, 0.25) is 5.28 Å². The van der Waals surface area contributed by atoms with Crippen molar-refractivity contribution >= 4 is 34.7 Å². The van der Waals surface area contributed by atoms with E-state index < -0.39 is 0 Å². The molecular formula is C13H12ClN3OS. The van der Waals surface area contributed by atoms with Crippen molar-refractivity contribution in [1.82, 2.24) is 9.97 Å². The third kappa shape index (κ3) is 2.77. The average molecular weight is 294 g/mol. The minimum Gasteiger partial charge on any atom is -0.306 e. The fourth-order valence-corrected chi connectivity index (χ4v) is 3.48. The normalized spacial score (nSPS) is 13.9. The monoisotopic (exact) mass is 293 g/mol. The summed E-state index contributed by atoms with van der Waals surface area (Å²) in [7, 11) is 0. The number of amides is 1. The highest BCUT2D eigenvalue weighted by atomic mass is 35.5. The molecule has 0 bridgehead atoms. The molecular weight excluding hydrogens is 282 g/mol. The number of hydrogen-bond acceptors (Lipinski definition) is 4. The molecule has 1 amide bonds. The van der Waals surface area contributed by atoms with Crippen molar-refractivity contribution in [3.05, 3.63) is 38.9 Å². The summed E-state index contributed by atoms with van der Waals surface area (Å²) in [6.07, 6.45) is 6.12. The van der Waals surface area contributed by atoms with Gasteiger partial charge in [0.15, 0.2) is 0 Å². The minimum absolute atomic E-state index is 0.128. The number of carbonyl (C=O) groups is 1. The fourth-order valence-electron chi connectivity index (χ4n) is 2.18. The molecule has 2 heterocycles. The van der Waals surface area contributed by atoms with Crippen LogP contribution in [0, 0.1) is 0 Å². The third-order valence-corrected chi connectivity index (χ3v) is 4.51. The number of thiophene rings is 1. The predicted molar refractivity (Wildman–Crippen MR) is 76.0 cm³/mol. The zero-order valence-electron chi connectivity index (χ0n) is 10.1. The van der Waals surface area contributed by atoms with Gasteiger partial charge < -0.3 is 5.32 Å². The Hall–Kier alpha value is -1.46. The summed E-state index contributed by atoms with van der Waals surface area (Å²) >= 11 is 7.26. The van der Waals surface area contributed by atoms with Crippen molar-refractivity contribution in [3.63, 3.8) is 0 Å². The van der Waals surface area contributed by atoms with Crippen molar-refractivity contribution in [3.8, 4) is 0 Å². The van der Waals surface area contributed by atoms with Crippen LogP contribution >= 0.6 is 22.9 Å². The van der Waals surface area contributed by atoms with Crippen LogP contribution in [0.15, 0.2) is 18.3 Å². The van der Waals surface area contributed by atoms with Gasteiger partial charge in [-0.1, -0.05) is 0 Å². The lowest BCUT2D eigenvalue weighted by Crippen LogP contribution is -2.11. The van der Waals surface area contributed by atoms with Gasteiger partial charge in [0, 0.05) is 11.1 Å². The van der Waals surface area contributed by atoms with Gasteiger partial charge in [0.25, 0.3) is 5.91 Å². The molecule has 4 nitrogen and oxygen atoms in total. The largest absolute Gasteiger partial charge is 0.306 e. The molecule has 0 saturated heterocycles. The number of aromatic nitrogens is 2. The van der Waals surface area contributed by atoms with E-state index in [1.54, 1.807) is 17.4 Å². The quantitative estimate of drug-likeness (QED) is 0.864. The van der Waals surface area contributed by atoms with E-state index >= 15 is 0 Å². The van der Waals surface area contributed by atoms with Gasteiger partial charge in [0.1, 0.15) is 5.82 Å². The van der Waals surface area contributed by atoms with Gasteiger partial charge in [-0.25, -0.2) is 9.97 Å². The number of halogens is 1. The molecule has 98 valence electrons. The lowest BCUT2D eigenvalue weighted by atomic mass is 9.99. The third-order valence-electron chi connectivity index (χ3n) is 3.09. The molecule has 6 heteroatoms. The first kappa shape index (κ1) is 12.6. The molecule has 0 saturated carbocycles. The van der Waals surface area contributed by atoms with E-state index in [9.17, 15) is 4.79 Å². The Kier molecular flexibility index (Phi) is 3.48. The number of nitrogens with one attached hydrogen (secondary N) is 1. The van der Waals surface area contributed by atoms with Crippen LogP contribution in [-0.4, -0.2) is 15.9 Å². The maximum absolute atomic E-state index is 12.1. The fraction of sp³-hybridized carbons (Fsp3) is 0.308. The lowest BCUT2D eigenvalue weighted by molar-refractivity contribution is 0.103. The van der Waals surface area contributed by atoms with Gasteiger partial charge in [-0.2, -0.15) is 0 Å². The maximum Gasteiger partial charge on any atom is 0.266 e. The number of fused-ring (bicyclic) bond motifs is 1. The molecule has 0 spiro atoms. The average Bonchev–Trinajstić information content (AvgIpc) is 2.82. The van der Waals surface area contributed by atoms with Crippen LogP contribution in [0.1, 0.15) is 33.0 Å². The summed E-state index contributed by atoms with van der Waals surface area (Å²) in [5, 5.41) is 2.87. The van der Waals surface area contributed by atoms with Gasteiger partial charge in [-0.3, -0.25) is 4.79 Å². The number of carbonyl (C=O) groups excluding carboxylic acids is 1. The molecule has 0 aliphatic heterocycles. The Labute approximate surface area is 119 Å². The number of anilines is 1. The molecule has 1 aliphatic carbocycles. The van der Waals surface area contributed by atoms with Gasteiger partial charge in [-0.15, -0.1) is 11.3 Å². The van der Waals surface area contributed by atoms with Gasteiger partial charge >= 0.3 is 0 Å². The van der Waals surface area contributed by atoms with Crippen molar-refractivity contribution < 1.29 is 4.79 Å². The Morgan fingerprint density at radius 2 is 2.21 bits per heavy atom. The summed E-state index contributed by atoms with van der Waals surface area (Å²) < 4.78 is 0. The van der Waals surface area contributed by atoms with Crippen molar-refractivity contribution in [2.45, 2.75) is 25.7 Å². The highest BCUT2D eigenvalue weighted by molar-refractivity contribution is 7.14. The first-order valence-corrected chi connectivity index (χ1v) is 7.33. The summed E-state index contributed by atoms with van der Waals surface area (Å²) in [6.45, 7) is 0. The number of aryl methyl sites for hydroxylation is 2. The smallest absolute Gasteiger partial charge is 0.266 e. The van der Waals surface area contributed by atoms with E-state index in [1.807, 2.05) is 6.07 Å². The molecule has 0 radical (unpaired) electrons. The van der Waals surface area contributed by atoms with Crippen molar-refractivity contribution in [1.29, 1.82) is 0 Å². The highest BCUT2D eigenvalue weighted by Crippen LogP contribution is 2.29. The van der Waals surface area contributed by atoms with Gasteiger partial charge in [-0.05, 0) is 55.0 Å².